The first-order valence-electron chi connectivity index (χ1n) is 9.91. The van der Waals surface area contributed by atoms with Crippen LogP contribution < -0.4 is 10.6 Å². The number of carbonyl (C=O) groups is 1. The molecule has 0 spiro atoms. The van der Waals surface area contributed by atoms with E-state index >= 15 is 0 Å². The lowest BCUT2D eigenvalue weighted by Crippen LogP contribution is -2.44. The number of hydrogen-bond donors (Lipinski definition) is 2. The van der Waals surface area contributed by atoms with Gasteiger partial charge in [0.05, 0.1) is 0 Å². The zero-order valence-corrected chi connectivity index (χ0v) is 15.8. The highest BCUT2D eigenvalue weighted by Gasteiger charge is 2.23. The van der Waals surface area contributed by atoms with Gasteiger partial charge in [0.1, 0.15) is 0 Å². The van der Waals surface area contributed by atoms with Gasteiger partial charge in [-0.15, -0.1) is 0 Å². The number of fused-ring (bicyclic) bond motifs is 1. The number of nitrogens with one attached hydrogen (secondary N) is 2. The van der Waals surface area contributed by atoms with E-state index in [0.717, 1.165) is 39.1 Å². The first kappa shape index (κ1) is 18.4. The monoisotopic (exact) mass is 343 g/mol. The number of benzene rings is 1. The Morgan fingerprint density at radius 2 is 1.96 bits per heavy atom. The number of amides is 1. The fraction of sp³-hybridized carbons (Fsp3) is 0.667. The largest absolute Gasteiger partial charge is 0.355 e. The average Bonchev–Trinajstić information content (AvgIpc) is 2.66. The van der Waals surface area contributed by atoms with Gasteiger partial charge in [-0.2, -0.15) is 0 Å². The van der Waals surface area contributed by atoms with E-state index in [1.54, 1.807) is 0 Å². The summed E-state index contributed by atoms with van der Waals surface area (Å²) < 4.78 is 0. The highest BCUT2D eigenvalue weighted by molar-refractivity contribution is 5.76. The summed E-state index contributed by atoms with van der Waals surface area (Å²) in [4.78, 5) is 14.8. The summed E-state index contributed by atoms with van der Waals surface area (Å²) in [7, 11) is 0. The molecule has 1 fully saturated rings. The third-order valence-electron chi connectivity index (χ3n) is 6.07. The summed E-state index contributed by atoms with van der Waals surface area (Å²) in [6.45, 7) is 9.50. The lowest BCUT2D eigenvalue weighted by molar-refractivity contribution is -0.122. The Bertz CT molecular complexity index is 568. The smallest absolute Gasteiger partial charge is 0.220 e. The Morgan fingerprint density at radius 3 is 2.72 bits per heavy atom. The second-order valence-electron chi connectivity index (χ2n) is 7.91. The van der Waals surface area contributed by atoms with E-state index in [1.807, 2.05) is 0 Å². The van der Waals surface area contributed by atoms with Gasteiger partial charge in [-0.1, -0.05) is 31.2 Å². The molecule has 0 aliphatic carbocycles. The van der Waals surface area contributed by atoms with Crippen LogP contribution in [-0.2, 0) is 17.8 Å². The predicted molar refractivity (Wildman–Crippen MR) is 102 cm³/mol. The van der Waals surface area contributed by atoms with Gasteiger partial charge in [-0.05, 0) is 62.2 Å². The van der Waals surface area contributed by atoms with Crippen LogP contribution in [0.15, 0.2) is 24.3 Å². The molecule has 25 heavy (non-hydrogen) atoms. The van der Waals surface area contributed by atoms with Crippen LogP contribution in [0.25, 0.3) is 0 Å². The van der Waals surface area contributed by atoms with Crippen LogP contribution in [0, 0.1) is 11.8 Å². The fourth-order valence-electron chi connectivity index (χ4n) is 4.23. The van der Waals surface area contributed by atoms with Crippen LogP contribution in [0.1, 0.15) is 44.2 Å². The molecule has 1 saturated heterocycles. The molecule has 0 bridgehead atoms. The van der Waals surface area contributed by atoms with Crippen LogP contribution in [0.3, 0.4) is 0 Å². The molecule has 0 saturated carbocycles. The van der Waals surface area contributed by atoms with Crippen molar-refractivity contribution in [3.05, 3.63) is 35.4 Å². The van der Waals surface area contributed by atoms with E-state index in [9.17, 15) is 4.79 Å². The normalized spacial score (nSPS) is 21.4. The summed E-state index contributed by atoms with van der Waals surface area (Å²) in [5.74, 6) is 1.40. The fourth-order valence-corrected chi connectivity index (χ4v) is 4.23. The SMILES string of the molecule is CC(CC(=O)NCC(C)N1CCc2ccccc2C1)C1CCNCC1. The number of hydrogen-bond acceptors (Lipinski definition) is 3. The molecule has 2 atom stereocenters. The summed E-state index contributed by atoms with van der Waals surface area (Å²) in [5.41, 5.74) is 2.91. The maximum atomic E-state index is 12.3. The van der Waals surface area contributed by atoms with E-state index in [2.05, 4.69) is 53.6 Å². The molecule has 2 aliphatic heterocycles. The minimum atomic E-state index is 0.218. The van der Waals surface area contributed by atoms with Crippen molar-refractivity contribution < 1.29 is 4.79 Å². The van der Waals surface area contributed by atoms with Crippen LogP contribution in [0.5, 0.6) is 0 Å². The van der Waals surface area contributed by atoms with Crippen molar-refractivity contribution in [3.63, 3.8) is 0 Å². The third-order valence-corrected chi connectivity index (χ3v) is 6.07. The summed E-state index contributed by atoms with van der Waals surface area (Å²) in [5, 5.41) is 6.58. The van der Waals surface area contributed by atoms with Crippen molar-refractivity contribution in [2.75, 3.05) is 26.2 Å². The van der Waals surface area contributed by atoms with Crippen LogP contribution in [0.2, 0.25) is 0 Å². The molecule has 0 aromatic heterocycles. The Labute approximate surface area is 152 Å². The van der Waals surface area contributed by atoms with Gasteiger partial charge in [-0.3, -0.25) is 9.69 Å². The molecular formula is C21H33N3O. The minimum Gasteiger partial charge on any atom is -0.355 e. The van der Waals surface area contributed by atoms with E-state index in [4.69, 9.17) is 0 Å². The Morgan fingerprint density at radius 1 is 1.24 bits per heavy atom. The van der Waals surface area contributed by atoms with Gasteiger partial charge in [0, 0.05) is 32.1 Å². The highest BCUT2D eigenvalue weighted by atomic mass is 16.1. The van der Waals surface area contributed by atoms with Gasteiger partial charge in [0.2, 0.25) is 5.91 Å². The molecule has 4 nitrogen and oxygen atoms in total. The molecule has 138 valence electrons. The van der Waals surface area contributed by atoms with Gasteiger partial charge in [-0.25, -0.2) is 0 Å². The first-order chi connectivity index (χ1) is 12.1. The first-order valence-corrected chi connectivity index (χ1v) is 9.91. The second-order valence-corrected chi connectivity index (χ2v) is 7.91. The quantitative estimate of drug-likeness (QED) is 0.834. The molecule has 0 radical (unpaired) electrons. The van der Waals surface area contributed by atoms with Gasteiger partial charge < -0.3 is 10.6 Å². The molecule has 1 aromatic carbocycles. The summed E-state index contributed by atoms with van der Waals surface area (Å²) in [6, 6.07) is 9.10. The van der Waals surface area contributed by atoms with Crippen molar-refractivity contribution in [2.24, 2.45) is 11.8 Å². The van der Waals surface area contributed by atoms with Gasteiger partial charge in [0.15, 0.2) is 0 Å². The lowest BCUT2D eigenvalue weighted by Gasteiger charge is -2.34. The Hall–Kier alpha value is -1.39. The van der Waals surface area contributed by atoms with Gasteiger partial charge >= 0.3 is 0 Å². The van der Waals surface area contributed by atoms with E-state index < -0.39 is 0 Å². The lowest BCUT2D eigenvalue weighted by atomic mass is 9.84. The van der Waals surface area contributed by atoms with Crippen molar-refractivity contribution in [2.45, 2.75) is 52.1 Å². The molecular weight excluding hydrogens is 310 g/mol. The van der Waals surface area contributed by atoms with Crippen molar-refractivity contribution in [1.29, 1.82) is 0 Å². The third kappa shape index (κ3) is 5.05. The van der Waals surface area contributed by atoms with Crippen LogP contribution in [0.4, 0.5) is 0 Å². The highest BCUT2D eigenvalue weighted by Crippen LogP contribution is 2.24. The van der Waals surface area contributed by atoms with Crippen molar-refractivity contribution >= 4 is 5.91 Å². The topological polar surface area (TPSA) is 44.4 Å². The van der Waals surface area contributed by atoms with Crippen molar-refractivity contribution in [1.82, 2.24) is 15.5 Å². The van der Waals surface area contributed by atoms with Gasteiger partial charge in [0.25, 0.3) is 0 Å². The van der Waals surface area contributed by atoms with E-state index in [1.165, 1.54) is 24.0 Å². The maximum Gasteiger partial charge on any atom is 0.220 e. The van der Waals surface area contributed by atoms with E-state index in [-0.39, 0.29) is 5.91 Å². The van der Waals surface area contributed by atoms with Crippen LogP contribution in [-0.4, -0.2) is 43.0 Å². The zero-order valence-electron chi connectivity index (χ0n) is 15.8. The molecule has 2 heterocycles. The molecule has 4 heteroatoms. The average molecular weight is 344 g/mol. The van der Waals surface area contributed by atoms with Crippen LogP contribution >= 0.6 is 0 Å². The number of nitrogens with zero attached hydrogens (tertiary/aromatic N) is 1. The molecule has 2 unspecified atom stereocenters. The minimum absolute atomic E-state index is 0.218. The van der Waals surface area contributed by atoms with E-state index in [0.29, 0.717) is 24.3 Å². The number of rotatable bonds is 6. The number of carbonyl (C=O) groups excluding carboxylic acids is 1. The second kappa shape index (κ2) is 8.81. The molecule has 1 aromatic rings. The Kier molecular flexibility index (Phi) is 6.49. The molecule has 2 aliphatic rings. The molecule has 3 rings (SSSR count). The summed E-state index contributed by atoms with van der Waals surface area (Å²) >= 11 is 0. The maximum absolute atomic E-state index is 12.3. The predicted octanol–water partition coefficient (Wildman–Crippen LogP) is 2.58. The zero-order chi connectivity index (χ0) is 17.6. The summed E-state index contributed by atoms with van der Waals surface area (Å²) in [6.07, 6.45) is 4.19. The molecule has 1 amide bonds. The number of piperidine rings is 1. The molecule has 2 N–H and O–H groups in total. The van der Waals surface area contributed by atoms with Crippen molar-refractivity contribution in [3.8, 4) is 0 Å². The standard InChI is InChI=1S/C21H33N3O/c1-16(18-7-10-22-11-8-18)13-21(25)23-14-17(2)24-12-9-19-5-3-4-6-20(19)15-24/h3-6,16-18,22H,7-15H2,1-2H3,(H,23,25). The Balaban J connectivity index is 1.41.